The third-order valence-electron chi connectivity index (χ3n) is 6.06. The first-order valence-electron chi connectivity index (χ1n) is 10.4. The van der Waals surface area contributed by atoms with Crippen molar-refractivity contribution in [3.05, 3.63) is 65.2 Å². The fourth-order valence-corrected chi connectivity index (χ4v) is 5.84. The molecule has 2 aromatic rings. The summed E-state index contributed by atoms with van der Waals surface area (Å²) in [6, 6.07) is 14.8. The van der Waals surface area contributed by atoms with Crippen LogP contribution in [0.2, 0.25) is 0 Å². The second-order valence-corrected chi connectivity index (χ2v) is 9.90. The zero-order chi connectivity index (χ0) is 20.6. The summed E-state index contributed by atoms with van der Waals surface area (Å²) in [6.07, 6.45) is 2.75. The molecule has 1 heterocycles. The zero-order valence-corrected chi connectivity index (χ0v) is 17.9. The average Bonchev–Trinajstić information content (AvgIpc) is 3.58. The predicted octanol–water partition coefficient (Wildman–Crippen LogP) is 3.75. The number of carbonyl (C=O) groups is 1. The zero-order valence-electron chi connectivity index (χ0n) is 17.0. The minimum atomic E-state index is -3.64. The van der Waals surface area contributed by atoms with E-state index in [0.717, 1.165) is 42.5 Å². The minimum Gasteiger partial charge on any atom is -0.338 e. The van der Waals surface area contributed by atoms with Crippen molar-refractivity contribution in [2.75, 3.05) is 13.1 Å². The van der Waals surface area contributed by atoms with Crippen LogP contribution in [0.25, 0.3) is 0 Å². The third kappa shape index (κ3) is 3.96. The molecule has 0 spiro atoms. The van der Waals surface area contributed by atoms with Crippen molar-refractivity contribution in [1.82, 2.24) is 9.21 Å². The van der Waals surface area contributed by atoms with Gasteiger partial charge >= 0.3 is 0 Å². The molecule has 4 rings (SSSR count). The van der Waals surface area contributed by atoms with Crippen LogP contribution in [0.3, 0.4) is 0 Å². The monoisotopic (exact) mass is 412 g/mol. The molecule has 0 bridgehead atoms. The lowest BCUT2D eigenvalue weighted by Crippen LogP contribution is -2.37. The molecule has 154 valence electrons. The van der Waals surface area contributed by atoms with E-state index in [1.54, 1.807) is 16.4 Å². The number of amides is 1. The lowest BCUT2D eigenvalue weighted by Gasteiger charge is -2.31. The van der Waals surface area contributed by atoms with Crippen molar-refractivity contribution in [2.24, 2.45) is 5.92 Å². The topological polar surface area (TPSA) is 57.7 Å². The van der Waals surface area contributed by atoms with E-state index in [0.29, 0.717) is 18.0 Å². The number of fused-ring (bicyclic) bond motifs is 1. The van der Waals surface area contributed by atoms with E-state index in [1.807, 2.05) is 55.1 Å². The van der Waals surface area contributed by atoms with Crippen LogP contribution in [0.5, 0.6) is 0 Å². The average molecular weight is 413 g/mol. The Morgan fingerprint density at radius 3 is 2.52 bits per heavy atom. The summed E-state index contributed by atoms with van der Waals surface area (Å²) >= 11 is 0. The maximum atomic E-state index is 13.4. The Morgan fingerprint density at radius 2 is 1.86 bits per heavy atom. The van der Waals surface area contributed by atoms with Gasteiger partial charge in [0.15, 0.2) is 0 Å². The summed E-state index contributed by atoms with van der Waals surface area (Å²) in [5.41, 5.74) is 3.06. The Labute approximate surface area is 173 Å². The molecule has 2 aromatic carbocycles. The first-order valence-corrected chi connectivity index (χ1v) is 11.8. The Balaban J connectivity index is 1.61. The van der Waals surface area contributed by atoms with Crippen molar-refractivity contribution in [3.63, 3.8) is 0 Å². The van der Waals surface area contributed by atoms with E-state index in [1.165, 1.54) is 0 Å². The first-order chi connectivity index (χ1) is 13.9. The van der Waals surface area contributed by atoms with Crippen LogP contribution in [0.4, 0.5) is 0 Å². The molecule has 1 aliphatic heterocycles. The van der Waals surface area contributed by atoms with E-state index in [9.17, 15) is 13.2 Å². The number of sulfonamides is 1. The Morgan fingerprint density at radius 1 is 1.14 bits per heavy atom. The van der Waals surface area contributed by atoms with Crippen LogP contribution in [0, 0.1) is 5.92 Å². The van der Waals surface area contributed by atoms with Gasteiger partial charge in [-0.1, -0.05) is 43.3 Å². The van der Waals surface area contributed by atoms with Gasteiger partial charge in [0.1, 0.15) is 0 Å². The molecule has 1 saturated carbocycles. The van der Waals surface area contributed by atoms with Crippen molar-refractivity contribution in [3.8, 4) is 0 Å². The first kappa shape index (κ1) is 20.1. The Hall–Kier alpha value is -2.18. The molecule has 6 heteroatoms. The summed E-state index contributed by atoms with van der Waals surface area (Å²) in [6.45, 7) is 5.41. The predicted molar refractivity (Wildman–Crippen MR) is 113 cm³/mol. The van der Waals surface area contributed by atoms with Gasteiger partial charge in [0, 0.05) is 31.6 Å². The lowest BCUT2D eigenvalue weighted by molar-refractivity contribution is -0.133. The van der Waals surface area contributed by atoms with Crippen LogP contribution >= 0.6 is 0 Å². The molecular formula is C23H28N2O3S. The van der Waals surface area contributed by atoms with Crippen molar-refractivity contribution in [1.29, 1.82) is 0 Å². The number of nitrogens with zero attached hydrogens (tertiary/aromatic N) is 2. The maximum absolute atomic E-state index is 13.4. The molecular weight excluding hydrogens is 384 g/mol. The Kier molecular flexibility index (Phi) is 5.49. The molecule has 5 nitrogen and oxygen atoms in total. The number of benzene rings is 2. The van der Waals surface area contributed by atoms with E-state index < -0.39 is 10.0 Å². The molecule has 2 aliphatic rings. The molecule has 1 amide bonds. The van der Waals surface area contributed by atoms with Crippen LogP contribution in [-0.4, -0.2) is 36.6 Å². The smallest absolute Gasteiger partial charge is 0.243 e. The van der Waals surface area contributed by atoms with Crippen molar-refractivity contribution < 1.29 is 13.2 Å². The van der Waals surface area contributed by atoms with Gasteiger partial charge in [-0.15, -0.1) is 0 Å². The van der Waals surface area contributed by atoms with Gasteiger partial charge in [-0.3, -0.25) is 4.79 Å². The fraction of sp³-hybridized carbons (Fsp3) is 0.435. The maximum Gasteiger partial charge on any atom is 0.243 e. The highest BCUT2D eigenvalue weighted by Gasteiger charge is 2.35. The van der Waals surface area contributed by atoms with E-state index in [2.05, 4.69) is 0 Å². The van der Waals surface area contributed by atoms with E-state index in [-0.39, 0.29) is 17.9 Å². The van der Waals surface area contributed by atoms with Gasteiger partial charge in [-0.2, -0.15) is 4.31 Å². The molecule has 0 aromatic heterocycles. The highest BCUT2D eigenvalue weighted by atomic mass is 32.2. The SMILES string of the molecule is CCN([C@@H](C)c1ccccc1)S(=O)(=O)c1ccc2c(c1)CN(C(=O)C1CC1)CC2. The summed E-state index contributed by atoms with van der Waals surface area (Å²) < 4.78 is 28.4. The fourth-order valence-electron chi connectivity index (χ4n) is 4.16. The van der Waals surface area contributed by atoms with Gasteiger partial charge in [-0.05, 0) is 55.0 Å². The van der Waals surface area contributed by atoms with E-state index >= 15 is 0 Å². The van der Waals surface area contributed by atoms with Gasteiger partial charge in [0.25, 0.3) is 0 Å². The Bertz CT molecular complexity index is 1000. The van der Waals surface area contributed by atoms with Crippen LogP contribution in [0.15, 0.2) is 53.4 Å². The molecule has 1 atom stereocenters. The second-order valence-electron chi connectivity index (χ2n) is 8.01. The van der Waals surface area contributed by atoms with Gasteiger partial charge in [-0.25, -0.2) is 8.42 Å². The molecule has 0 radical (unpaired) electrons. The number of carbonyl (C=O) groups excluding carboxylic acids is 1. The lowest BCUT2D eigenvalue weighted by atomic mass is 9.99. The largest absolute Gasteiger partial charge is 0.338 e. The van der Waals surface area contributed by atoms with Gasteiger partial charge in [0.05, 0.1) is 4.90 Å². The minimum absolute atomic E-state index is 0.186. The van der Waals surface area contributed by atoms with Crippen molar-refractivity contribution in [2.45, 2.75) is 50.6 Å². The van der Waals surface area contributed by atoms with Crippen LogP contribution in [0.1, 0.15) is 49.4 Å². The molecule has 0 saturated heterocycles. The summed E-state index contributed by atoms with van der Waals surface area (Å²) in [4.78, 5) is 14.6. The van der Waals surface area contributed by atoms with E-state index in [4.69, 9.17) is 0 Å². The number of rotatable bonds is 6. The summed E-state index contributed by atoms with van der Waals surface area (Å²) in [7, 11) is -3.64. The van der Waals surface area contributed by atoms with Crippen molar-refractivity contribution >= 4 is 15.9 Å². The third-order valence-corrected chi connectivity index (χ3v) is 8.10. The molecule has 0 N–H and O–H groups in total. The summed E-state index contributed by atoms with van der Waals surface area (Å²) in [5, 5.41) is 0. The quantitative estimate of drug-likeness (QED) is 0.726. The molecule has 1 aliphatic carbocycles. The summed E-state index contributed by atoms with van der Waals surface area (Å²) in [5.74, 6) is 0.405. The van der Waals surface area contributed by atoms with Crippen LogP contribution in [-0.2, 0) is 27.8 Å². The van der Waals surface area contributed by atoms with Gasteiger partial charge < -0.3 is 4.90 Å². The number of hydrogen-bond donors (Lipinski definition) is 0. The van der Waals surface area contributed by atoms with Crippen LogP contribution < -0.4 is 0 Å². The second kappa shape index (κ2) is 7.92. The molecule has 0 unspecified atom stereocenters. The molecule has 29 heavy (non-hydrogen) atoms. The highest BCUT2D eigenvalue weighted by Crippen LogP contribution is 2.34. The molecule has 1 fully saturated rings. The normalized spacial score (nSPS) is 17.8. The number of hydrogen-bond acceptors (Lipinski definition) is 3. The highest BCUT2D eigenvalue weighted by molar-refractivity contribution is 7.89. The standard InChI is InChI=1S/C23H28N2O3S/c1-3-25(17(2)18-7-5-4-6-8-18)29(27,28)22-12-11-19-13-14-24(16-21(19)15-22)23(26)20-9-10-20/h4-8,11-12,15,17,20H,3,9-10,13-14,16H2,1-2H3/t17-/m0/s1. The van der Waals surface area contributed by atoms with Gasteiger partial charge in [0.2, 0.25) is 15.9 Å².